The third-order valence-electron chi connectivity index (χ3n) is 3.60. The zero-order valence-electron chi connectivity index (χ0n) is 14.7. The van der Waals surface area contributed by atoms with Crippen LogP contribution in [0.4, 0.5) is 18.9 Å². The number of anilines is 1. The molecule has 0 radical (unpaired) electrons. The second-order valence-corrected chi connectivity index (χ2v) is 7.62. The van der Waals surface area contributed by atoms with Crippen molar-refractivity contribution in [3.63, 3.8) is 0 Å². The minimum Gasteiger partial charge on any atom is -0.326 e. The molecule has 1 aromatic heterocycles. The van der Waals surface area contributed by atoms with Crippen LogP contribution in [0.1, 0.15) is 24.7 Å². The molecule has 1 aromatic carbocycles. The second kappa shape index (κ2) is 8.09. The number of aromatic nitrogens is 2. The maximum absolute atomic E-state index is 12.6. The summed E-state index contributed by atoms with van der Waals surface area (Å²) in [4.78, 5) is 11.0. The lowest BCUT2D eigenvalue weighted by Crippen LogP contribution is -2.25. The minimum atomic E-state index is -4.51. The van der Waals surface area contributed by atoms with Crippen LogP contribution >= 0.6 is 0 Å². The third-order valence-corrected chi connectivity index (χ3v) is 5.07. The largest absolute Gasteiger partial charge is 0.435 e. The molecule has 2 rings (SSSR count). The predicted molar refractivity (Wildman–Crippen MR) is 92.5 cm³/mol. The van der Waals surface area contributed by atoms with E-state index in [4.69, 9.17) is 0 Å². The Hall–Kier alpha value is -2.40. The van der Waals surface area contributed by atoms with E-state index >= 15 is 0 Å². The van der Waals surface area contributed by atoms with Crippen molar-refractivity contribution in [1.82, 2.24) is 14.5 Å². The number of halogens is 3. The molecule has 1 heterocycles. The van der Waals surface area contributed by atoms with Crippen LogP contribution in [0, 0.1) is 6.92 Å². The zero-order chi connectivity index (χ0) is 20.2. The third kappa shape index (κ3) is 5.79. The Morgan fingerprint density at radius 1 is 1.22 bits per heavy atom. The van der Waals surface area contributed by atoms with Gasteiger partial charge in [0.1, 0.15) is 0 Å². The van der Waals surface area contributed by atoms with Gasteiger partial charge in [0.15, 0.2) is 5.69 Å². The number of amides is 1. The number of aryl methyl sites for hydroxylation is 2. The standard InChI is InChI=1S/C16H19F3N4O3S/c1-11-10-15(16(17,18)19)22-23(11)9-3-8-20-27(25,26)14-6-4-13(5-7-14)21-12(2)24/h4-7,10,20H,3,8-9H2,1-2H3,(H,21,24). The Bertz CT molecular complexity index is 906. The number of sulfonamides is 1. The quantitative estimate of drug-likeness (QED) is 0.694. The number of rotatable bonds is 7. The van der Waals surface area contributed by atoms with Gasteiger partial charge in [-0.3, -0.25) is 9.48 Å². The van der Waals surface area contributed by atoms with E-state index < -0.39 is 21.9 Å². The molecule has 0 aliphatic rings. The zero-order valence-corrected chi connectivity index (χ0v) is 15.5. The number of hydrogen-bond donors (Lipinski definition) is 2. The molecule has 148 valence electrons. The molecule has 27 heavy (non-hydrogen) atoms. The summed E-state index contributed by atoms with van der Waals surface area (Å²) in [5.74, 6) is -0.272. The summed E-state index contributed by atoms with van der Waals surface area (Å²) in [6.07, 6.45) is -4.25. The summed E-state index contributed by atoms with van der Waals surface area (Å²) < 4.78 is 65.9. The first-order valence-corrected chi connectivity index (χ1v) is 9.46. The lowest BCUT2D eigenvalue weighted by atomic mass is 10.3. The SMILES string of the molecule is CC(=O)Nc1ccc(S(=O)(=O)NCCCn2nc(C(F)(F)F)cc2C)cc1. The minimum absolute atomic E-state index is 0.0197. The molecule has 0 saturated carbocycles. The number of hydrogen-bond acceptors (Lipinski definition) is 4. The molecule has 0 spiro atoms. The van der Waals surface area contributed by atoms with Crippen LogP contribution in [0.15, 0.2) is 35.2 Å². The highest BCUT2D eigenvalue weighted by atomic mass is 32.2. The smallest absolute Gasteiger partial charge is 0.326 e. The normalized spacial score (nSPS) is 12.2. The average molecular weight is 404 g/mol. The van der Waals surface area contributed by atoms with E-state index in [1.54, 1.807) is 0 Å². The fourth-order valence-electron chi connectivity index (χ4n) is 2.31. The van der Waals surface area contributed by atoms with Crippen molar-refractivity contribution in [2.75, 3.05) is 11.9 Å². The van der Waals surface area contributed by atoms with Crippen LogP contribution < -0.4 is 10.0 Å². The number of nitrogens with one attached hydrogen (secondary N) is 2. The summed E-state index contributed by atoms with van der Waals surface area (Å²) in [7, 11) is -3.76. The van der Waals surface area contributed by atoms with E-state index in [9.17, 15) is 26.4 Å². The fourth-order valence-corrected chi connectivity index (χ4v) is 3.39. The maximum Gasteiger partial charge on any atom is 0.435 e. The molecule has 0 atom stereocenters. The Balaban J connectivity index is 1.91. The van der Waals surface area contributed by atoms with Crippen molar-refractivity contribution >= 4 is 21.6 Å². The van der Waals surface area contributed by atoms with Crippen molar-refractivity contribution in [1.29, 1.82) is 0 Å². The molecule has 0 fully saturated rings. The van der Waals surface area contributed by atoms with Gasteiger partial charge in [-0.25, -0.2) is 13.1 Å². The van der Waals surface area contributed by atoms with Crippen molar-refractivity contribution < 1.29 is 26.4 Å². The summed E-state index contributed by atoms with van der Waals surface area (Å²) in [5, 5.41) is 6.01. The van der Waals surface area contributed by atoms with Gasteiger partial charge >= 0.3 is 6.18 Å². The molecule has 11 heteroatoms. The van der Waals surface area contributed by atoms with Crippen LogP contribution in [-0.4, -0.2) is 30.7 Å². The molecule has 0 aliphatic carbocycles. The molecule has 0 bridgehead atoms. The first kappa shape index (κ1) is 20.9. The first-order valence-electron chi connectivity index (χ1n) is 7.98. The monoisotopic (exact) mass is 404 g/mol. The van der Waals surface area contributed by atoms with E-state index in [0.29, 0.717) is 11.4 Å². The Labute approximate surface area is 154 Å². The number of carbonyl (C=O) groups is 1. The molecule has 0 aliphatic heterocycles. The van der Waals surface area contributed by atoms with Crippen LogP contribution in [-0.2, 0) is 27.5 Å². The van der Waals surface area contributed by atoms with Crippen molar-refractivity contribution in [3.8, 4) is 0 Å². The highest BCUT2D eigenvalue weighted by Gasteiger charge is 2.34. The lowest BCUT2D eigenvalue weighted by Gasteiger charge is -2.09. The maximum atomic E-state index is 12.6. The summed E-state index contributed by atoms with van der Waals surface area (Å²) in [5.41, 5.74) is -0.158. The predicted octanol–water partition coefficient (Wildman–Crippen LogP) is 2.54. The van der Waals surface area contributed by atoms with Crippen LogP contribution in [0.2, 0.25) is 0 Å². The van der Waals surface area contributed by atoms with E-state index in [1.165, 1.54) is 42.8 Å². The molecule has 2 aromatic rings. The van der Waals surface area contributed by atoms with Gasteiger partial charge in [0, 0.05) is 31.4 Å². The van der Waals surface area contributed by atoms with Crippen LogP contribution in [0.5, 0.6) is 0 Å². The van der Waals surface area contributed by atoms with Crippen LogP contribution in [0.25, 0.3) is 0 Å². The van der Waals surface area contributed by atoms with Gasteiger partial charge in [-0.2, -0.15) is 18.3 Å². The number of nitrogens with zero attached hydrogens (tertiary/aromatic N) is 2. The van der Waals surface area contributed by atoms with Gasteiger partial charge in [0.25, 0.3) is 0 Å². The van der Waals surface area contributed by atoms with E-state index in [2.05, 4.69) is 15.1 Å². The van der Waals surface area contributed by atoms with Gasteiger partial charge in [0.2, 0.25) is 15.9 Å². The van der Waals surface area contributed by atoms with Crippen LogP contribution in [0.3, 0.4) is 0 Å². The Morgan fingerprint density at radius 2 is 1.85 bits per heavy atom. The first-order chi connectivity index (χ1) is 12.5. The van der Waals surface area contributed by atoms with Crippen molar-refractivity contribution in [2.45, 2.75) is 37.9 Å². The van der Waals surface area contributed by atoms with Gasteiger partial charge < -0.3 is 5.32 Å². The summed E-state index contributed by atoms with van der Waals surface area (Å²) in [6.45, 7) is 3.02. The molecular formula is C16H19F3N4O3S. The van der Waals surface area contributed by atoms with Gasteiger partial charge in [-0.15, -0.1) is 0 Å². The number of carbonyl (C=O) groups excluding carboxylic acids is 1. The van der Waals surface area contributed by atoms with E-state index in [1.807, 2.05) is 0 Å². The Morgan fingerprint density at radius 3 is 2.37 bits per heavy atom. The summed E-state index contributed by atoms with van der Waals surface area (Å²) in [6, 6.07) is 6.56. The molecular weight excluding hydrogens is 385 g/mol. The highest BCUT2D eigenvalue weighted by Crippen LogP contribution is 2.28. The van der Waals surface area contributed by atoms with Gasteiger partial charge in [-0.05, 0) is 43.7 Å². The number of alkyl halides is 3. The Kier molecular flexibility index (Phi) is 6.26. The second-order valence-electron chi connectivity index (χ2n) is 5.85. The number of benzene rings is 1. The average Bonchev–Trinajstić information content (AvgIpc) is 2.93. The topological polar surface area (TPSA) is 93.1 Å². The van der Waals surface area contributed by atoms with Crippen molar-refractivity contribution in [3.05, 3.63) is 41.7 Å². The van der Waals surface area contributed by atoms with E-state index in [0.717, 1.165) is 6.07 Å². The fraction of sp³-hybridized carbons (Fsp3) is 0.375. The molecule has 0 saturated heterocycles. The van der Waals surface area contributed by atoms with E-state index in [-0.39, 0.29) is 30.3 Å². The highest BCUT2D eigenvalue weighted by molar-refractivity contribution is 7.89. The summed E-state index contributed by atoms with van der Waals surface area (Å²) >= 11 is 0. The van der Waals surface area contributed by atoms with Gasteiger partial charge in [0.05, 0.1) is 4.90 Å². The molecule has 1 amide bonds. The van der Waals surface area contributed by atoms with Gasteiger partial charge in [-0.1, -0.05) is 0 Å². The molecule has 2 N–H and O–H groups in total. The lowest BCUT2D eigenvalue weighted by molar-refractivity contribution is -0.141. The molecule has 7 nitrogen and oxygen atoms in total. The molecule has 0 unspecified atom stereocenters. The van der Waals surface area contributed by atoms with Crippen molar-refractivity contribution in [2.24, 2.45) is 0 Å².